The summed E-state index contributed by atoms with van der Waals surface area (Å²) in [6.07, 6.45) is 3.24. The summed E-state index contributed by atoms with van der Waals surface area (Å²) in [5.41, 5.74) is 8.40. The summed E-state index contributed by atoms with van der Waals surface area (Å²) in [6.45, 7) is 6.63. The fraction of sp³-hybridized carbons (Fsp3) is 0.600. The molecule has 1 atom stereocenters. The first-order chi connectivity index (χ1) is 7.91. The largest absolute Gasteiger partial charge is 0.385 e. The number of hydrogen-bond acceptors (Lipinski definition) is 2. The number of benzene rings is 1. The van der Waals surface area contributed by atoms with Crippen LogP contribution in [0.3, 0.4) is 0 Å². The van der Waals surface area contributed by atoms with Gasteiger partial charge < -0.3 is 10.8 Å². The van der Waals surface area contributed by atoms with Crippen molar-refractivity contribution in [1.82, 2.24) is 0 Å². The number of aliphatic hydroxyl groups is 1. The van der Waals surface area contributed by atoms with Crippen LogP contribution in [0.25, 0.3) is 0 Å². The van der Waals surface area contributed by atoms with Crippen molar-refractivity contribution >= 4 is 0 Å². The van der Waals surface area contributed by atoms with Crippen LogP contribution in [0.5, 0.6) is 0 Å². The smallest absolute Gasteiger partial charge is 0.0936 e. The summed E-state index contributed by atoms with van der Waals surface area (Å²) < 4.78 is 0. The molecule has 1 aromatic carbocycles. The van der Waals surface area contributed by atoms with Gasteiger partial charge >= 0.3 is 0 Å². The molecule has 0 bridgehead atoms. The third-order valence-corrected chi connectivity index (χ3v) is 4.52. The van der Waals surface area contributed by atoms with Crippen LogP contribution in [0.4, 0.5) is 0 Å². The second-order valence-corrected chi connectivity index (χ2v) is 5.79. The minimum atomic E-state index is -0.809. The van der Waals surface area contributed by atoms with E-state index in [1.54, 1.807) is 0 Å². The summed E-state index contributed by atoms with van der Waals surface area (Å²) in [6, 6.07) is 6.31. The van der Waals surface area contributed by atoms with Crippen molar-refractivity contribution in [3.05, 3.63) is 34.9 Å². The molecular formula is C15H23NO. The Labute approximate surface area is 104 Å². The van der Waals surface area contributed by atoms with Gasteiger partial charge in [-0.2, -0.15) is 0 Å². The maximum absolute atomic E-state index is 10.9. The highest BCUT2D eigenvalue weighted by Gasteiger charge is 2.51. The quantitative estimate of drug-likeness (QED) is 0.843. The third kappa shape index (κ3) is 1.90. The van der Waals surface area contributed by atoms with E-state index >= 15 is 0 Å². The predicted molar refractivity (Wildman–Crippen MR) is 70.8 cm³/mol. The van der Waals surface area contributed by atoms with Gasteiger partial charge in [0.2, 0.25) is 0 Å². The van der Waals surface area contributed by atoms with Crippen LogP contribution in [0.2, 0.25) is 0 Å². The summed E-state index contributed by atoms with van der Waals surface area (Å²) >= 11 is 0. The highest BCUT2D eigenvalue weighted by atomic mass is 16.3. The van der Waals surface area contributed by atoms with Gasteiger partial charge in [0.05, 0.1) is 5.60 Å². The standard InChI is InChI=1S/C15H23NO/c1-11-7-12(2)9-13(8-11)14(3,17)15(10-16)5-4-6-15/h7-9,17H,4-6,10,16H2,1-3H3. The Morgan fingerprint density at radius 3 is 2.12 bits per heavy atom. The van der Waals surface area contributed by atoms with E-state index in [-0.39, 0.29) is 5.41 Å². The zero-order chi connectivity index (χ0) is 12.7. The second-order valence-electron chi connectivity index (χ2n) is 5.79. The van der Waals surface area contributed by atoms with Crippen molar-refractivity contribution in [3.63, 3.8) is 0 Å². The molecule has 94 valence electrons. The lowest BCUT2D eigenvalue weighted by Crippen LogP contribution is -2.53. The zero-order valence-electron chi connectivity index (χ0n) is 11.1. The Morgan fingerprint density at radius 1 is 1.24 bits per heavy atom. The topological polar surface area (TPSA) is 46.2 Å². The molecule has 1 aliphatic rings. The van der Waals surface area contributed by atoms with Gasteiger partial charge in [0.15, 0.2) is 0 Å². The van der Waals surface area contributed by atoms with Gasteiger partial charge in [-0.15, -0.1) is 0 Å². The first kappa shape index (κ1) is 12.6. The summed E-state index contributed by atoms with van der Waals surface area (Å²) in [5.74, 6) is 0. The molecule has 2 rings (SSSR count). The fourth-order valence-electron chi connectivity index (χ4n) is 3.06. The lowest BCUT2D eigenvalue weighted by molar-refractivity contribution is -0.116. The molecule has 0 aromatic heterocycles. The third-order valence-electron chi connectivity index (χ3n) is 4.52. The maximum Gasteiger partial charge on any atom is 0.0936 e. The van der Waals surface area contributed by atoms with Gasteiger partial charge in [-0.25, -0.2) is 0 Å². The molecular weight excluding hydrogens is 210 g/mol. The highest BCUT2D eigenvalue weighted by Crippen LogP contribution is 2.53. The molecule has 2 nitrogen and oxygen atoms in total. The maximum atomic E-state index is 10.9. The molecule has 1 unspecified atom stereocenters. The molecule has 0 radical (unpaired) electrons. The van der Waals surface area contributed by atoms with Gasteiger partial charge in [-0.05, 0) is 39.2 Å². The number of hydrogen-bond donors (Lipinski definition) is 2. The van der Waals surface area contributed by atoms with E-state index in [1.165, 1.54) is 17.5 Å². The molecule has 1 saturated carbocycles. The van der Waals surface area contributed by atoms with Crippen LogP contribution in [0, 0.1) is 19.3 Å². The van der Waals surface area contributed by atoms with E-state index in [0.29, 0.717) is 6.54 Å². The van der Waals surface area contributed by atoms with Gasteiger partial charge in [0.25, 0.3) is 0 Å². The van der Waals surface area contributed by atoms with Crippen LogP contribution < -0.4 is 5.73 Å². The van der Waals surface area contributed by atoms with Crippen LogP contribution >= 0.6 is 0 Å². The Kier molecular flexibility index (Phi) is 3.04. The molecule has 17 heavy (non-hydrogen) atoms. The lowest BCUT2D eigenvalue weighted by atomic mass is 9.57. The normalized spacial score (nSPS) is 21.7. The average Bonchev–Trinajstić information content (AvgIpc) is 2.14. The van der Waals surface area contributed by atoms with E-state index < -0.39 is 5.60 Å². The van der Waals surface area contributed by atoms with E-state index in [9.17, 15) is 5.11 Å². The van der Waals surface area contributed by atoms with E-state index in [0.717, 1.165) is 18.4 Å². The number of rotatable bonds is 3. The second kappa shape index (κ2) is 4.11. The van der Waals surface area contributed by atoms with Crippen molar-refractivity contribution in [3.8, 4) is 0 Å². The van der Waals surface area contributed by atoms with Gasteiger partial charge in [0.1, 0.15) is 0 Å². The molecule has 0 spiro atoms. The first-order valence-electron chi connectivity index (χ1n) is 6.42. The molecule has 3 N–H and O–H groups in total. The van der Waals surface area contributed by atoms with E-state index in [2.05, 4.69) is 32.0 Å². The summed E-state index contributed by atoms with van der Waals surface area (Å²) in [7, 11) is 0. The monoisotopic (exact) mass is 233 g/mol. The van der Waals surface area contributed by atoms with Crippen LogP contribution in [0.1, 0.15) is 42.9 Å². The molecule has 0 aliphatic heterocycles. The number of aryl methyl sites for hydroxylation is 2. The Hall–Kier alpha value is -0.860. The lowest BCUT2D eigenvalue weighted by Gasteiger charge is -2.51. The fourth-order valence-corrected chi connectivity index (χ4v) is 3.06. The van der Waals surface area contributed by atoms with Crippen LogP contribution in [-0.2, 0) is 5.60 Å². The average molecular weight is 233 g/mol. The first-order valence-corrected chi connectivity index (χ1v) is 6.42. The van der Waals surface area contributed by atoms with Gasteiger partial charge in [-0.1, -0.05) is 35.7 Å². The Morgan fingerprint density at radius 2 is 1.76 bits per heavy atom. The molecule has 1 fully saturated rings. The van der Waals surface area contributed by atoms with Gasteiger partial charge in [0, 0.05) is 12.0 Å². The highest BCUT2D eigenvalue weighted by molar-refractivity contribution is 5.34. The van der Waals surface area contributed by atoms with E-state index in [4.69, 9.17) is 5.73 Å². The molecule has 2 heteroatoms. The van der Waals surface area contributed by atoms with Crippen LogP contribution in [0.15, 0.2) is 18.2 Å². The molecule has 0 heterocycles. The predicted octanol–water partition coefficient (Wildman–Crippen LogP) is 2.64. The molecule has 1 aliphatic carbocycles. The van der Waals surface area contributed by atoms with Crippen molar-refractivity contribution in [2.45, 2.75) is 45.6 Å². The van der Waals surface area contributed by atoms with Crippen molar-refractivity contribution in [2.75, 3.05) is 6.54 Å². The summed E-state index contributed by atoms with van der Waals surface area (Å²) in [4.78, 5) is 0. The van der Waals surface area contributed by atoms with Crippen molar-refractivity contribution in [2.24, 2.45) is 11.1 Å². The molecule has 1 aromatic rings. The van der Waals surface area contributed by atoms with Crippen molar-refractivity contribution in [1.29, 1.82) is 0 Å². The summed E-state index contributed by atoms with van der Waals surface area (Å²) in [5, 5.41) is 10.9. The number of nitrogens with two attached hydrogens (primary N) is 1. The SMILES string of the molecule is Cc1cc(C)cc(C(C)(O)C2(CN)CCC2)c1. The Bertz CT molecular complexity index is 393. The minimum absolute atomic E-state index is 0.118. The van der Waals surface area contributed by atoms with E-state index in [1.807, 2.05) is 6.92 Å². The van der Waals surface area contributed by atoms with Crippen LogP contribution in [-0.4, -0.2) is 11.7 Å². The molecule has 0 amide bonds. The zero-order valence-corrected chi connectivity index (χ0v) is 11.1. The van der Waals surface area contributed by atoms with Gasteiger partial charge in [-0.3, -0.25) is 0 Å². The Balaban J connectivity index is 2.43. The minimum Gasteiger partial charge on any atom is -0.385 e. The molecule has 0 saturated heterocycles. The van der Waals surface area contributed by atoms with Crippen molar-refractivity contribution < 1.29 is 5.11 Å².